The van der Waals surface area contributed by atoms with Gasteiger partial charge in [0.25, 0.3) is 29.1 Å². The third-order valence-electron chi connectivity index (χ3n) is 10.9. The molecule has 8 aromatic rings. The number of halogens is 22. The molecule has 8 heterocycles. The standard InChI is InChI=1S/2C14H14F3N5O4S.C10H12F3NOS.C7H5ClF3NO3S.C7H5ClF3NO.C7H7F3N2O3S.CH3F.ClH.H3N.2Na.H2O/c2*1-8-6-9(2)20-12(19-8)21-13(23)22-27(24,25)11-10(4-3-5-18-11)26-7-14(15,16)17;1-7(2)16-9-8(4-3-5-14-9)15-6-10(11,12)13;8-16(13,14)6-5(2-1-3-12-6)15-4-7(9,10)11;8-6-5(2-1-3-12-6)13-4-7(9,10)11;8-7(9,10)4-15-5-2-1-3-12-6(5)16(11,13)14;1-2;;;;;/h2*3-6H,7H2,1-2H3,(H2,19,20,21,22,23);3-5,7H,6H2,1-2H3;1-3H,4H2;1-3H,4H2;1-3H,4H2,(H2,11,13,14);1H3;1H;1H3;;;1H2/q;;;;;;;;;2*+1;/p-2/i;;;;;;1D;;;;;. The Bertz CT molecular complexity index is 4790. The molecule has 0 saturated carbocycles. The summed E-state index contributed by atoms with van der Waals surface area (Å²) < 4.78 is 355. The monoisotopic (exact) mass is 1950 g/mol. The van der Waals surface area contributed by atoms with Gasteiger partial charge in [-0.2, -0.15) is 87.4 Å². The Hall–Kier alpha value is -8.03. The number of aryl methyl sites for hydroxylation is 4. The molecule has 0 aliphatic rings. The van der Waals surface area contributed by atoms with Gasteiger partial charge in [-0.3, -0.25) is 14.5 Å². The van der Waals surface area contributed by atoms with Crippen LogP contribution >= 0.6 is 46.5 Å². The second-order valence-electron chi connectivity index (χ2n) is 21.4. The van der Waals surface area contributed by atoms with Crippen LogP contribution < -0.4 is 114 Å². The minimum atomic E-state index is -4.74. The van der Waals surface area contributed by atoms with Gasteiger partial charge in [0.2, 0.25) is 31.0 Å². The fraction of sp³-hybridized carbons (Fsp3) is 0.333. The molecule has 0 saturated heterocycles. The number of nitrogens with two attached hydrogens (primary N) is 1. The first-order valence-corrected chi connectivity index (χ1v) is 38.4. The molecular weight excluding hydrogens is 1890 g/mol. The number of rotatable bonds is 22. The van der Waals surface area contributed by atoms with Crippen molar-refractivity contribution in [3.63, 3.8) is 0 Å². The fourth-order valence-corrected chi connectivity index (χ4v) is 11.5. The summed E-state index contributed by atoms with van der Waals surface area (Å²) in [5.41, 5.74) is 2.11. The molecular formula is C60H64Cl3F19N16Na2O17S5. The number of sulfonamides is 3. The van der Waals surface area contributed by atoms with Gasteiger partial charge < -0.3 is 50.1 Å². The van der Waals surface area contributed by atoms with Crippen LogP contribution in [0, 0.1) is 27.7 Å². The van der Waals surface area contributed by atoms with Crippen LogP contribution in [0.3, 0.4) is 0 Å². The van der Waals surface area contributed by atoms with E-state index < -0.39 is 178 Å². The molecule has 0 aliphatic carbocycles. The molecule has 0 atom stereocenters. The van der Waals surface area contributed by atoms with Gasteiger partial charge in [0.05, 0.1) is 8.52 Å². The number of amides is 4. The molecule has 0 unspecified atom stereocenters. The van der Waals surface area contributed by atoms with Crippen molar-refractivity contribution in [2.24, 2.45) is 5.14 Å². The normalized spacial score (nSPS) is 11.4. The Morgan fingerprint density at radius 1 is 0.484 bits per heavy atom. The predicted molar refractivity (Wildman–Crippen MR) is 388 cm³/mol. The van der Waals surface area contributed by atoms with E-state index in [1.165, 1.54) is 66.6 Å². The molecule has 33 nitrogen and oxygen atoms in total. The van der Waals surface area contributed by atoms with E-state index in [-0.39, 0.29) is 117 Å². The number of nitrogens with zero attached hydrogens (tertiary/aromatic N) is 11. The second kappa shape index (κ2) is 54.0. The Balaban J connectivity index is -0.000000694. The molecule has 0 aromatic carbocycles. The fourth-order valence-electron chi connectivity index (χ4n) is 7.10. The van der Waals surface area contributed by atoms with Crippen LogP contribution in [0.4, 0.5) is 105 Å². The summed E-state index contributed by atoms with van der Waals surface area (Å²) in [4.78, 5) is 60.5. The molecule has 62 heteroatoms. The quantitative estimate of drug-likeness (QED) is 0.0139. The maximum Gasteiger partial charge on any atom is 1.00 e. The Morgan fingerprint density at radius 2 is 0.762 bits per heavy atom. The van der Waals surface area contributed by atoms with E-state index in [1.54, 1.807) is 50.6 Å². The molecule has 0 fully saturated rings. The van der Waals surface area contributed by atoms with Crippen molar-refractivity contribution in [1.82, 2.24) is 60.7 Å². The molecule has 0 aliphatic heterocycles. The SMILES string of the molecule is CC(C)Sc1ncccc1OCC(F)(F)F.Cc1cc(C)nc(NC(=O)NS(=O)(=O)c2ncccc2OCC(F)(F)F)n1.Cc1cc(C)nc(NC(=O)[N-]S(=O)(=O)c2ncccc2OCC(F)(F)F)n1.Cl.FC(F)(F)COc1cccnc1Cl.N.NS(=O)(=O)c1ncccc1OCC(F)(F)F.O=S(=O)(Cl)c1ncccc1OCC(F)(F)F.[2H]CF.[Na+].[Na+].[OH-]. The average molecular weight is 1960 g/mol. The third-order valence-corrected chi connectivity index (χ3v) is 16.7. The number of primary sulfonamides is 1. The van der Waals surface area contributed by atoms with Crippen LogP contribution in [0.5, 0.6) is 34.5 Å². The Morgan fingerprint density at radius 3 is 1.11 bits per heavy atom. The van der Waals surface area contributed by atoms with Gasteiger partial charge >= 0.3 is 102 Å². The first kappa shape index (κ1) is 118. The number of anilines is 2. The van der Waals surface area contributed by atoms with Crippen LogP contribution in [-0.4, -0.2) is 190 Å². The molecule has 122 heavy (non-hydrogen) atoms. The van der Waals surface area contributed by atoms with E-state index in [1.807, 2.05) is 13.8 Å². The second-order valence-corrected chi connectivity index (χ2v) is 30.4. The van der Waals surface area contributed by atoms with Crippen molar-refractivity contribution in [3.8, 4) is 34.5 Å². The number of ether oxygens (including phenoxy) is 6. The van der Waals surface area contributed by atoms with Crippen molar-refractivity contribution in [2.45, 2.75) is 109 Å². The smallest absolute Gasteiger partial charge is 0.870 e. The summed E-state index contributed by atoms with van der Waals surface area (Å²) in [7, 11) is -13.8. The molecule has 672 valence electrons. The summed E-state index contributed by atoms with van der Waals surface area (Å²) in [5, 5.41) is 6.34. The van der Waals surface area contributed by atoms with Crippen molar-refractivity contribution >= 4 is 110 Å². The van der Waals surface area contributed by atoms with E-state index >= 15 is 0 Å². The zero-order chi connectivity index (χ0) is 90.1. The van der Waals surface area contributed by atoms with Crippen molar-refractivity contribution in [3.05, 3.63) is 155 Å². The Labute approximate surface area is 746 Å². The maximum absolute atomic E-state index is 12.3. The molecule has 8 aromatic heterocycles. The van der Waals surface area contributed by atoms with Crippen LogP contribution in [0.2, 0.25) is 5.15 Å². The zero-order valence-corrected chi connectivity index (χ0v) is 73.6. The van der Waals surface area contributed by atoms with Crippen LogP contribution in [-0.2, 0) is 39.1 Å². The number of alkyl halides is 19. The molecule has 0 bridgehead atoms. The number of carbonyl (C=O) groups is 2. The van der Waals surface area contributed by atoms with Gasteiger partial charge in [-0.15, -0.1) is 12.4 Å². The van der Waals surface area contributed by atoms with Gasteiger partial charge in [-0.1, -0.05) is 37.2 Å². The van der Waals surface area contributed by atoms with Crippen molar-refractivity contribution < 1.29 is 221 Å². The summed E-state index contributed by atoms with van der Waals surface area (Å²) in [6.07, 6.45) is -20.1. The summed E-state index contributed by atoms with van der Waals surface area (Å²) in [6.45, 7) is 1.11. The van der Waals surface area contributed by atoms with Gasteiger partial charge in [0.1, 0.15) is 11.0 Å². The van der Waals surface area contributed by atoms with Gasteiger partial charge in [-0.25, -0.2) is 89.7 Å². The minimum absolute atomic E-state index is 0. The molecule has 0 radical (unpaired) electrons. The number of thioether (sulfide) groups is 1. The minimum Gasteiger partial charge on any atom is -0.870 e. The number of carbonyl (C=O) groups excluding carboxylic acids is 2. The average Bonchev–Trinajstić information content (AvgIpc) is 0.820. The van der Waals surface area contributed by atoms with Gasteiger partial charge in [0, 0.05) is 75.9 Å². The van der Waals surface area contributed by atoms with Gasteiger partial charge in [0.15, 0.2) is 90.3 Å². The van der Waals surface area contributed by atoms with Gasteiger partial charge in [-0.05, 0) is 113 Å². The molecule has 9 N–H and O–H groups in total. The number of urea groups is 2. The molecule has 8 rings (SSSR count). The number of pyridine rings is 6. The zero-order valence-electron chi connectivity index (χ0n) is 64.1. The molecule has 4 amide bonds. The van der Waals surface area contributed by atoms with E-state index in [2.05, 4.69) is 88.9 Å². The van der Waals surface area contributed by atoms with E-state index in [4.69, 9.17) is 33.5 Å². The number of aromatic nitrogens is 10. The van der Waals surface area contributed by atoms with Crippen molar-refractivity contribution in [2.75, 3.05) is 57.4 Å². The Kier molecular flexibility index (Phi) is 52.3. The van der Waals surface area contributed by atoms with Crippen LogP contribution in [0.25, 0.3) is 4.72 Å². The summed E-state index contributed by atoms with van der Waals surface area (Å²) >= 11 is 6.82. The third kappa shape index (κ3) is 51.3. The van der Waals surface area contributed by atoms with E-state index in [0.29, 0.717) is 27.8 Å². The van der Waals surface area contributed by atoms with Crippen molar-refractivity contribution in [1.29, 1.82) is 0 Å². The first-order chi connectivity index (χ1) is 54.1. The molecule has 0 spiro atoms. The summed E-state index contributed by atoms with van der Waals surface area (Å²) in [5.74, 6) is -2.61. The number of hydrogen-bond donors (Lipinski definition) is 5. The predicted octanol–water partition coefficient (Wildman–Crippen LogP) is 8.48. The first-order valence-electron chi connectivity index (χ1n) is 31.1. The van der Waals surface area contributed by atoms with E-state index in [0.717, 1.165) is 49.1 Å². The topological polar surface area (TPSA) is 496 Å². The van der Waals surface area contributed by atoms with Crippen LogP contribution in [0.15, 0.2) is 147 Å². The maximum atomic E-state index is 12.3. The number of hydrogen-bond acceptors (Lipinski definition) is 29. The van der Waals surface area contributed by atoms with Crippen LogP contribution in [0.1, 0.15) is 38.0 Å². The summed E-state index contributed by atoms with van der Waals surface area (Å²) in [6, 6.07) is 15.4. The number of nitrogens with one attached hydrogen (secondary N) is 3. The van der Waals surface area contributed by atoms with E-state index in [9.17, 15) is 127 Å². The largest absolute Gasteiger partial charge is 1.00 e.